The van der Waals surface area contributed by atoms with Gasteiger partial charge in [-0.3, -0.25) is 4.90 Å². The van der Waals surface area contributed by atoms with Gasteiger partial charge < -0.3 is 10.6 Å². The Labute approximate surface area is 134 Å². The summed E-state index contributed by atoms with van der Waals surface area (Å²) in [6.07, 6.45) is 2.21. The summed E-state index contributed by atoms with van der Waals surface area (Å²) in [4.78, 5) is 4.86. The average Bonchev–Trinajstić information content (AvgIpc) is 2.49. The first kappa shape index (κ1) is 16.8. The van der Waals surface area contributed by atoms with Gasteiger partial charge in [-0.2, -0.15) is 0 Å². The standard InChI is InChI=1S/C17H28ClN3/c1-13-11-17(12-19,9-10-20(13)3)21(4)14(2)15-7-5-6-8-16(15)18/h5-8,13-14H,9-12,19H2,1-4H3. The number of nitrogens with two attached hydrogens (primary N) is 1. The van der Waals surface area contributed by atoms with E-state index in [1.165, 1.54) is 5.56 Å². The first-order chi connectivity index (χ1) is 9.91. The third-order valence-electron chi connectivity index (χ3n) is 5.42. The fourth-order valence-corrected chi connectivity index (χ4v) is 3.79. The molecule has 1 aliphatic heterocycles. The maximum absolute atomic E-state index is 6.38. The molecule has 2 rings (SSSR count). The molecule has 21 heavy (non-hydrogen) atoms. The summed E-state index contributed by atoms with van der Waals surface area (Å²) in [7, 11) is 4.39. The predicted molar refractivity (Wildman–Crippen MR) is 90.7 cm³/mol. The smallest absolute Gasteiger partial charge is 0.0453 e. The number of nitrogens with zero attached hydrogens (tertiary/aromatic N) is 2. The zero-order valence-electron chi connectivity index (χ0n) is 13.6. The second-order valence-electron chi connectivity index (χ2n) is 6.52. The van der Waals surface area contributed by atoms with Crippen LogP contribution >= 0.6 is 11.6 Å². The summed E-state index contributed by atoms with van der Waals surface area (Å²) in [6, 6.07) is 8.94. The van der Waals surface area contributed by atoms with E-state index in [9.17, 15) is 0 Å². The van der Waals surface area contributed by atoms with Crippen LogP contribution in [0.2, 0.25) is 5.02 Å². The van der Waals surface area contributed by atoms with Gasteiger partial charge in [0, 0.05) is 29.2 Å². The van der Waals surface area contributed by atoms with Gasteiger partial charge in [0.1, 0.15) is 0 Å². The maximum Gasteiger partial charge on any atom is 0.0453 e. The molecule has 3 nitrogen and oxygen atoms in total. The van der Waals surface area contributed by atoms with Crippen molar-refractivity contribution in [2.45, 2.75) is 44.3 Å². The Hall–Kier alpha value is -0.610. The highest BCUT2D eigenvalue weighted by atomic mass is 35.5. The lowest BCUT2D eigenvalue weighted by molar-refractivity contribution is 0.00481. The molecular weight excluding hydrogens is 282 g/mol. The monoisotopic (exact) mass is 309 g/mol. The highest BCUT2D eigenvalue weighted by molar-refractivity contribution is 6.31. The van der Waals surface area contributed by atoms with Gasteiger partial charge in [-0.25, -0.2) is 0 Å². The van der Waals surface area contributed by atoms with Gasteiger partial charge >= 0.3 is 0 Å². The van der Waals surface area contributed by atoms with E-state index < -0.39 is 0 Å². The van der Waals surface area contributed by atoms with Gasteiger partial charge in [-0.1, -0.05) is 29.8 Å². The molecule has 0 aliphatic carbocycles. The summed E-state index contributed by atoms with van der Waals surface area (Å²) in [5.74, 6) is 0. The number of piperidine rings is 1. The van der Waals surface area contributed by atoms with Gasteiger partial charge in [0.15, 0.2) is 0 Å². The minimum absolute atomic E-state index is 0.0600. The lowest BCUT2D eigenvalue weighted by Crippen LogP contribution is -2.60. The fourth-order valence-electron chi connectivity index (χ4n) is 3.50. The molecule has 3 unspecified atom stereocenters. The van der Waals surface area contributed by atoms with E-state index in [1.807, 2.05) is 12.1 Å². The molecule has 4 heteroatoms. The molecule has 0 aromatic heterocycles. The van der Waals surface area contributed by atoms with Crippen molar-refractivity contribution in [2.24, 2.45) is 5.73 Å². The lowest BCUT2D eigenvalue weighted by Gasteiger charge is -2.51. The quantitative estimate of drug-likeness (QED) is 0.927. The molecule has 1 saturated heterocycles. The third-order valence-corrected chi connectivity index (χ3v) is 5.77. The van der Waals surface area contributed by atoms with Crippen molar-refractivity contribution in [1.82, 2.24) is 9.80 Å². The molecule has 0 saturated carbocycles. The van der Waals surface area contributed by atoms with Crippen molar-refractivity contribution in [2.75, 3.05) is 27.2 Å². The molecule has 118 valence electrons. The van der Waals surface area contributed by atoms with Crippen LogP contribution in [-0.4, -0.2) is 48.6 Å². The maximum atomic E-state index is 6.38. The van der Waals surface area contributed by atoms with E-state index in [0.29, 0.717) is 12.6 Å². The number of rotatable bonds is 4. The number of halogens is 1. The SMILES string of the molecule is CC1CC(CN)(N(C)C(C)c2ccccc2Cl)CCN1C. The lowest BCUT2D eigenvalue weighted by atomic mass is 9.81. The van der Waals surface area contributed by atoms with Gasteiger partial charge in [-0.15, -0.1) is 0 Å². The predicted octanol–water partition coefficient (Wildman–Crippen LogP) is 3.14. The molecule has 1 aromatic rings. The summed E-state index contributed by atoms with van der Waals surface area (Å²) in [6.45, 7) is 6.30. The Morgan fingerprint density at radius 1 is 1.48 bits per heavy atom. The molecule has 3 atom stereocenters. The number of likely N-dealkylation sites (N-methyl/N-ethyl adjacent to an activating group) is 1. The number of benzene rings is 1. The van der Waals surface area contributed by atoms with Crippen LogP contribution in [0.3, 0.4) is 0 Å². The zero-order chi connectivity index (χ0) is 15.6. The van der Waals surface area contributed by atoms with Crippen LogP contribution in [0.1, 0.15) is 38.3 Å². The first-order valence-corrected chi connectivity index (χ1v) is 8.17. The summed E-state index contributed by atoms with van der Waals surface area (Å²) >= 11 is 6.38. The van der Waals surface area contributed by atoms with E-state index in [4.69, 9.17) is 17.3 Å². The van der Waals surface area contributed by atoms with Gasteiger partial charge in [0.25, 0.3) is 0 Å². The highest BCUT2D eigenvalue weighted by Gasteiger charge is 2.41. The van der Waals surface area contributed by atoms with Crippen molar-refractivity contribution in [3.63, 3.8) is 0 Å². The van der Waals surface area contributed by atoms with E-state index in [1.54, 1.807) is 0 Å². The molecule has 1 heterocycles. The molecule has 1 aromatic carbocycles. The Morgan fingerprint density at radius 3 is 2.71 bits per heavy atom. The van der Waals surface area contributed by atoms with Crippen LogP contribution in [0.25, 0.3) is 0 Å². The van der Waals surface area contributed by atoms with Crippen molar-refractivity contribution in [3.8, 4) is 0 Å². The second kappa shape index (κ2) is 6.66. The van der Waals surface area contributed by atoms with Crippen molar-refractivity contribution in [1.29, 1.82) is 0 Å². The molecular formula is C17H28ClN3. The van der Waals surface area contributed by atoms with E-state index in [0.717, 1.165) is 24.4 Å². The molecule has 2 N–H and O–H groups in total. The number of hydrogen-bond acceptors (Lipinski definition) is 3. The number of hydrogen-bond donors (Lipinski definition) is 1. The van der Waals surface area contributed by atoms with Crippen LogP contribution in [-0.2, 0) is 0 Å². The summed E-state index contributed by atoms with van der Waals surface area (Å²) < 4.78 is 0. The van der Waals surface area contributed by atoms with Gasteiger partial charge in [0.05, 0.1) is 0 Å². The van der Waals surface area contributed by atoms with Crippen LogP contribution in [0.15, 0.2) is 24.3 Å². The number of likely N-dealkylation sites (tertiary alicyclic amines) is 1. The van der Waals surface area contributed by atoms with Crippen LogP contribution in [0.4, 0.5) is 0 Å². The Kier molecular flexibility index (Phi) is 5.31. The van der Waals surface area contributed by atoms with Crippen molar-refractivity contribution in [3.05, 3.63) is 34.9 Å². The molecule has 0 spiro atoms. The van der Waals surface area contributed by atoms with E-state index >= 15 is 0 Å². The Bertz CT molecular complexity index is 479. The summed E-state index contributed by atoms with van der Waals surface area (Å²) in [5.41, 5.74) is 7.45. The zero-order valence-corrected chi connectivity index (χ0v) is 14.4. The van der Waals surface area contributed by atoms with E-state index in [2.05, 4.69) is 49.9 Å². The molecule has 1 fully saturated rings. The molecule has 1 aliphatic rings. The minimum Gasteiger partial charge on any atom is -0.329 e. The largest absolute Gasteiger partial charge is 0.329 e. The Morgan fingerprint density at radius 2 is 2.14 bits per heavy atom. The third kappa shape index (κ3) is 3.26. The summed E-state index contributed by atoms with van der Waals surface area (Å²) in [5, 5.41) is 0.838. The van der Waals surface area contributed by atoms with Gasteiger partial charge in [-0.05, 0) is 59.0 Å². The van der Waals surface area contributed by atoms with E-state index in [-0.39, 0.29) is 11.6 Å². The second-order valence-corrected chi connectivity index (χ2v) is 6.93. The van der Waals surface area contributed by atoms with Gasteiger partial charge in [0.2, 0.25) is 0 Å². The topological polar surface area (TPSA) is 32.5 Å². The average molecular weight is 310 g/mol. The van der Waals surface area contributed by atoms with Crippen molar-refractivity contribution < 1.29 is 0 Å². The molecule has 0 bridgehead atoms. The van der Waals surface area contributed by atoms with Crippen LogP contribution in [0, 0.1) is 0 Å². The first-order valence-electron chi connectivity index (χ1n) is 7.79. The normalized spacial score (nSPS) is 28.8. The minimum atomic E-state index is 0.0600. The highest BCUT2D eigenvalue weighted by Crippen LogP contribution is 2.37. The Balaban J connectivity index is 2.24. The fraction of sp³-hybridized carbons (Fsp3) is 0.647. The van der Waals surface area contributed by atoms with Crippen LogP contribution in [0.5, 0.6) is 0 Å². The van der Waals surface area contributed by atoms with Crippen LogP contribution < -0.4 is 5.73 Å². The van der Waals surface area contributed by atoms with Crippen molar-refractivity contribution >= 4 is 11.6 Å². The molecule has 0 amide bonds. The molecule has 0 radical (unpaired) electrons.